The van der Waals surface area contributed by atoms with Crippen molar-refractivity contribution in [3.05, 3.63) is 35.4 Å². The van der Waals surface area contributed by atoms with Crippen molar-refractivity contribution in [1.29, 1.82) is 0 Å². The lowest BCUT2D eigenvalue weighted by Crippen LogP contribution is -2.12. The molecule has 90 valence electrons. The standard InChI is InChI=1S/C14H23NO/c1-11(2)8-12(3)16-10-14-7-5-4-6-13(14)9-15/h4-7,11-12H,8-10,15H2,1-3H3. The van der Waals surface area contributed by atoms with E-state index in [9.17, 15) is 0 Å². The largest absolute Gasteiger partial charge is 0.374 e. The Morgan fingerprint density at radius 3 is 2.31 bits per heavy atom. The number of hydrogen-bond donors (Lipinski definition) is 1. The summed E-state index contributed by atoms with van der Waals surface area (Å²) in [7, 11) is 0. The normalized spacial score (nSPS) is 13.1. The van der Waals surface area contributed by atoms with Gasteiger partial charge in [0.1, 0.15) is 0 Å². The summed E-state index contributed by atoms with van der Waals surface area (Å²) in [6, 6.07) is 8.20. The minimum atomic E-state index is 0.311. The molecule has 0 aliphatic heterocycles. The van der Waals surface area contributed by atoms with E-state index in [0.29, 0.717) is 25.2 Å². The second kappa shape index (κ2) is 6.66. The van der Waals surface area contributed by atoms with Gasteiger partial charge in [-0.05, 0) is 30.4 Å². The zero-order valence-electron chi connectivity index (χ0n) is 10.6. The molecule has 2 N–H and O–H groups in total. The molecule has 1 rings (SSSR count). The maximum atomic E-state index is 5.83. The highest BCUT2D eigenvalue weighted by Crippen LogP contribution is 2.13. The van der Waals surface area contributed by atoms with Crippen molar-refractivity contribution < 1.29 is 4.74 Å². The molecule has 0 bridgehead atoms. The number of rotatable bonds is 6. The van der Waals surface area contributed by atoms with Gasteiger partial charge in [0.25, 0.3) is 0 Å². The maximum absolute atomic E-state index is 5.83. The smallest absolute Gasteiger partial charge is 0.0723 e. The summed E-state index contributed by atoms with van der Waals surface area (Å²) in [4.78, 5) is 0. The number of hydrogen-bond acceptors (Lipinski definition) is 2. The van der Waals surface area contributed by atoms with Gasteiger partial charge in [-0.15, -0.1) is 0 Å². The molecule has 1 aromatic carbocycles. The van der Waals surface area contributed by atoms with E-state index in [0.717, 1.165) is 6.42 Å². The summed E-state index contributed by atoms with van der Waals surface area (Å²) < 4.78 is 5.83. The van der Waals surface area contributed by atoms with Crippen molar-refractivity contribution in [2.24, 2.45) is 11.7 Å². The fraction of sp³-hybridized carbons (Fsp3) is 0.571. The molecule has 0 aromatic heterocycles. The van der Waals surface area contributed by atoms with E-state index in [-0.39, 0.29) is 0 Å². The Bertz CT molecular complexity index is 309. The molecule has 0 saturated heterocycles. The number of benzene rings is 1. The maximum Gasteiger partial charge on any atom is 0.0723 e. The molecule has 0 saturated carbocycles. The van der Waals surface area contributed by atoms with Crippen molar-refractivity contribution in [3.8, 4) is 0 Å². The SMILES string of the molecule is CC(C)CC(C)OCc1ccccc1CN. The number of nitrogens with two attached hydrogens (primary N) is 1. The highest BCUT2D eigenvalue weighted by atomic mass is 16.5. The minimum Gasteiger partial charge on any atom is -0.374 e. The Kier molecular flexibility index (Phi) is 5.50. The lowest BCUT2D eigenvalue weighted by molar-refractivity contribution is 0.0393. The zero-order chi connectivity index (χ0) is 12.0. The topological polar surface area (TPSA) is 35.2 Å². The van der Waals surface area contributed by atoms with Gasteiger partial charge in [-0.3, -0.25) is 0 Å². The van der Waals surface area contributed by atoms with E-state index in [1.165, 1.54) is 11.1 Å². The molecule has 2 heteroatoms. The first-order chi connectivity index (χ1) is 7.63. The van der Waals surface area contributed by atoms with Crippen LogP contribution in [0.2, 0.25) is 0 Å². The van der Waals surface area contributed by atoms with Gasteiger partial charge in [0, 0.05) is 6.54 Å². The molecule has 0 fully saturated rings. The number of ether oxygens (including phenoxy) is 1. The minimum absolute atomic E-state index is 0.311. The predicted molar refractivity (Wildman–Crippen MR) is 68.0 cm³/mol. The van der Waals surface area contributed by atoms with Gasteiger partial charge >= 0.3 is 0 Å². The quantitative estimate of drug-likeness (QED) is 0.801. The zero-order valence-corrected chi connectivity index (χ0v) is 10.6. The average molecular weight is 221 g/mol. The Balaban J connectivity index is 2.47. The van der Waals surface area contributed by atoms with Gasteiger partial charge < -0.3 is 10.5 Å². The predicted octanol–water partition coefficient (Wildman–Crippen LogP) is 3.10. The Morgan fingerprint density at radius 1 is 1.12 bits per heavy atom. The summed E-state index contributed by atoms with van der Waals surface area (Å²) in [6.07, 6.45) is 1.41. The van der Waals surface area contributed by atoms with Gasteiger partial charge in [0.2, 0.25) is 0 Å². The summed E-state index contributed by atoms with van der Waals surface area (Å²) in [5, 5.41) is 0. The van der Waals surface area contributed by atoms with Gasteiger partial charge in [-0.25, -0.2) is 0 Å². The molecule has 0 heterocycles. The van der Waals surface area contributed by atoms with Crippen LogP contribution in [0.25, 0.3) is 0 Å². The van der Waals surface area contributed by atoms with Crippen LogP contribution in [0.1, 0.15) is 38.3 Å². The third-order valence-corrected chi connectivity index (χ3v) is 2.66. The van der Waals surface area contributed by atoms with E-state index in [1.54, 1.807) is 0 Å². The van der Waals surface area contributed by atoms with Gasteiger partial charge in [0.15, 0.2) is 0 Å². The molecule has 0 radical (unpaired) electrons. The fourth-order valence-corrected chi connectivity index (χ4v) is 1.86. The average Bonchev–Trinajstić information content (AvgIpc) is 2.26. The molecule has 0 aliphatic rings. The van der Waals surface area contributed by atoms with Crippen molar-refractivity contribution >= 4 is 0 Å². The van der Waals surface area contributed by atoms with Crippen molar-refractivity contribution in [3.63, 3.8) is 0 Å². The van der Waals surface area contributed by atoms with Crippen LogP contribution in [0, 0.1) is 5.92 Å². The van der Waals surface area contributed by atoms with E-state index < -0.39 is 0 Å². The molecule has 1 atom stereocenters. The molecule has 0 amide bonds. The van der Waals surface area contributed by atoms with Crippen LogP contribution in [0.15, 0.2) is 24.3 Å². The first-order valence-corrected chi connectivity index (χ1v) is 6.02. The molecule has 1 aromatic rings. The Labute approximate surface area is 98.8 Å². The van der Waals surface area contributed by atoms with Gasteiger partial charge in [-0.1, -0.05) is 38.1 Å². The summed E-state index contributed by atoms with van der Waals surface area (Å²) in [5.41, 5.74) is 8.07. The second-order valence-electron chi connectivity index (χ2n) is 4.72. The van der Waals surface area contributed by atoms with Crippen molar-refractivity contribution in [2.75, 3.05) is 0 Å². The van der Waals surface area contributed by atoms with Crippen LogP contribution in [0.5, 0.6) is 0 Å². The summed E-state index contributed by atoms with van der Waals surface area (Å²) in [5.74, 6) is 0.680. The van der Waals surface area contributed by atoms with E-state index >= 15 is 0 Å². The van der Waals surface area contributed by atoms with Crippen LogP contribution in [-0.4, -0.2) is 6.10 Å². The van der Waals surface area contributed by atoms with Crippen LogP contribution in [0.4, 0.5) is 0 Å². The third kappa shape index (κ3) is 4.33. The second-order valence-corrected chi connectivity index (χ2v) is 4.72. The van der Waals surface area contributed by atoms with E-state index in [1.807, 2.05) is 12.1 Å². The molecule has 16 heavy (non-hydrogen) atoms. The van der Waals surface area contributed by atoms with Crippen molar-refractivity contribution in [1.82, 2.24) is 0 Å². The van der Waals surface area contributed by atoms with E-state index in [4.69, 9.17) is 10.5 Å². The van der Waals surface area contributed by atoms with Crippen molar-refractivity contribution in [2.45, 2.75) is 46.4 Å². The van der Waals surface area contributed by atoms with Crippen LogP contribution in [-0.2, 0) is 17.9 Å². The van der Waals surface area contributed by atoms with E-state index in [2.05, 4.69) is 32.9 Å². The first-order valence-electron chi connectivity index (χ1n) is 6.02. The van der Waals surface area contributed by atoms with Gasteiger partial charge in [0.05, 0.1) is 12.7 Å². The molecule has 0 aliphatic carbocycles. The molecule has 0 spiro atoms. The van der Waals surface area contributed by atoms with Gasteiger partial charge in [-0.2, -0.15) is 0 Å². The Hall–Kier alpha value is -0.860. The molecular weight excluding hydrogens is 198 g/mol. The summed E-state index contributed by atoms with van der Waals surface area (Å²) >= 11 is 0. The molecular formula is C14H23NO. The molecule has 2 nitrogen and oxygen atoms in total. The molecule has 1 unspecified atom stereocenters. The monoisotopic (exact) mass is 221 g/mol. The lowest BCUT2D eigenvalue weighted by atomic mass is 10.1. The lowest BCUT2D eigenvalue weighted by Gasteiger charge is -2.16. The Morgan fingerprint density at radius 2 is 1.75 bits per heavy atom. The third-order valence-electron chi connectivity index (χ3n) is 2.66. The van der Waals surface area contributed by atoms with Crippen LogP contribution < -0.4 is 5.73 Å². The first kappa shape index (κ1) is 13.2. The highest BCUT2D eigenvalue weighted by molar-refractivity contribution is 5.26. The van der Waals surface area contributed by atoms with Crippen LogP contribution in [0.3, 0.4) is 0 Å². The summed E-state index contributed by atoms with van der Waals surface area (Å²) in [6.45, 7) is 7.81. The highest BCUT2D eigenvalue weighted by Gasteiger charge is 2.06. The van der Waals surface area contributed by atoms with Crippen LogP contribution >= 0.6 is 0 Å². The fourth-order valence-electron chi connectivity index (χ4n) is 1.86.